The Bertz CT molecular complexity index is 768. The minimum atomic E-state index is -0.390. The molecule has 0 fully saturated rings. The fourth-order valence-corrected chi connectivity index (χ4v) is 3.03. The Kier molecular flexibility index (Phi) is 6.25. The maximum atomic E-state index is 12.3. The number of carbonyl (C=O) groups excluding carboxylic acids is 1. The molecule has 2 rings (SSSR count). The monoisotopic (exact) mass is 360 g/mol. The number of nitrogens with zero attached hydrogens (tertiary/aromatic N) is 5. The van der Waals surface area contributed by atoms with Gasteiger partial charge in [0.2, 0.25) is 11.1 Å². The number of benzene rings is 1. The lowest BCUT2D eigenvalue weighted by molar-refractivity contribution is -0.128. The molecule has 8 nitrogen and oxygen atoms in total. The normalized spacial score (nSPS) is 11.6. The van der Waals surface area contributed by atoms with Gasteiger partial charge in [-0.1, -0.05) is 11.8 Å². The summed E-state index contributed by atoms with van der Waals surface area (Å²) in [6.07, 6.45) is 0.300. The third-order valence-electron chi connectivity index (χ3n) is 3.58. The number of thioether (sulfide) groups is 1. The van der Waals surface area contributed by atoms with Gasteiger partial charge in [0.25, 0.3) is 0 Å². The molecule has 0 spiro atoms. The molecule has 2 aromatic rings. The molecule has 1 aromatic heterocycles. The first-order valence-electron chi connectivity index (χ1n) is 7.61. The van der Waals surface area contributed by atoms with Gasteiger partial charge in [-0.25, -0.2) is 4.68 Å². The number of aromatic nitrogens is 3. The van der Waals surface area contributed by atoms with Crippen LogP contribution in [0.5, 0.6) is 5.75 Å². The van der Waals surface area contributed by atoms with Crippen LogP contribution in [0.2, 0.25) is 0 Å². The van der Waals surface area contributed by atoms with Crippen LogP contribution in [0.15, 0.2) is 29.4 Å². The molecule has 0 radical (unpaired) electrons. The fourth-order valence-electron chi connectivity index (χ4n) is 2.14. The lowest BCUT2D eigenvalue weighted by Gasteiger charge is -2.19. The lowest BCUT2D eigenvalue weighted by Crippen LogP contribution is -2.34. The highest BCUT2D eigenvalue weighted by Gasteiger charge is 2.22. The Hall–Kier alpha value is -2.73. The van der Waals surface area contributed by atoms with Crippen LogP contribution in [0.4, 0.5) is 0 Å². The van der Waals surface area contributed by atoms with Crippen molar-refractivity contribution >= 4 is 17.7 Å². The zero-order valence-electron chi connectivity index (χ0n) is 14.3. The molecule has 2 N–H and O–H groups in total. The number of methoxy groups -OCH3 is 1. The second-order valence-corrected chi connectivity index (χ2v) is 6.64. The summed E-state index contributed by atoms with van der Waals surface area (Å²) in [5.74, 6) is 7.23. The van der Waals surface area contributed by atoms with E-state index >= 15 is 0 Å². The van der Waals surface area contributed by atoms with Crippen LogP contribution >= 0.6 is 11.8 Å². The standard InChI is InChI=1S/C16H20N6O2S/c1-11(15(23)21(2)10-4-9-17)25-16-20-19-14(22(16)18)12-5-7-13(24-3)8-6-12/h5-8,11H,4,10,18H2,1-3H3/t11-/m1/s1. The molecule has 1 amide bonds. The first kappa shape index (κ1) is 18.6. The lowest BCUT2D eigenvalue weighted by atomic mass is 10.2. The number of nitrogen functional groups attached to an aromatic ring is 1. The van der Waals surface area contributed by atoms with E-state index in [0.717, 1.165) is 11.3 Å². The van der Waals surface area contributed by atoms with E-state index in [9.17, 15) is 4.79 Å². The second kappa shape index (κ2) is 8.39. The van der Waals surface area contributed by atoms with Crippen molar-refractivity contribution in [1.82, 2.24) is 19.8 Å². The number of amides is 1. The van der Waals surface area contributed by atoms with Crippen LogP contribution in [0.25, 0.3) is 11.4 Å². The molecule has 0 saturated carbocycles. The topological polar surface area (TPSA) is 110 Å². The van der Waals surface area contributed by atoms with Crippen LogP contribution in [-0.2, 0) is 4.79 Å². The van der Waals surface area contributed by atoms with Crippen LogP contribution in [0, 0.1) is 11.3 Å². The van der Waals surface area contributed by atoms with Gasteiger partial charge in [-0.05, 0) is 31.2 Å². The Labute approximate surface area is 150 Å². The highest BCUT2D eigenvalue weighted by Crippen LogP contribution is 2.26. The van der Waals surface area contributed by atoms with Gasteiger partial charge >= 0.3 is 0 Å². The molecular weight excluding hydrogens is 340 g/mol. The van der Waals surface area contributed by atoms with E-state index in [1.807, 2.05) is 30.3 Å². The average Bonchev–Trinajstić information content (AvgIpc) is 2.99. The van der Waals surface area contributed by atoms with Crippen molar-refractivity contribution in [1.29, 1.82) is 5.26 Å². The van der Waals surface area contributed by atoms with Crippen LogP contribution < -0.4 is 10.6 Å². The number of carbonyl (C=O) groups is 1. The Morgan fingerprint density at radius 2 is 2.12 bits per heavy atom. The zero-order valence-corrected chi connectivity index (χ0v) is 15.2. The summed E-state index contributed by atoms with van der Waals surface area (Å²) in [7, 11) is 3.27. The summed E-state index contributed by atoms with van der Waals surface area (Å²) < 4.78 is 6.50. The van der Waals surface area contributed by atoms with E-state index in [1.54, 1.807) is 21.1 Å². The molecule has 0 bridgehead atoms. The van der Waals surface area contributed by atoms with E-state index in [0.29, 0.717) is 23.9 Å². The molecule has 0 saturated heterocycles. The van der Waals surface area contributed by atoms with Crippen molar-refractivity contribution in [3.8, 4) is 23.2 Å². The Morgan fingerprint density at radius 3 is 2.72 bits per heavy atom. The van der Waals surface area contributed by atoms with Crippen molar-refractivity contribution in [2.75, 3.05) is 26.5 Å². The maximum absolute atomic E-state index is 12.3. The van der Waals surface area contributed by atoms with Crippen molar-refractivity contribution < 1.29 is 9.53 Å². The van der Waals surface area contributed by atoms with Crippen LogP contribution in [-0.4, -0.2) is 51.6 Å². The summed E-state index contributed by atoms with van der Waals surface area (Å²) in [6.45, 7) is 2.17. The van der Waals surface area contributed by atoms with Crippen molar-refractivity contribution in [2.45, 2.75) is 23.8 Å². The molecule has 0 aliphatic rings. The Morgan fingerprint density at radius 1 is 1.44 bits per heavy atom. The molecule has 0 unspecified atom stereocenters. The van der Waals surface area contributed by atoms with Crippen molar-refractivity contribution in [3.05, 3.63) is 24.3 Å². The summed E-state index contributed by atoms with van der Waals surface area (Å²) in [5.41, 5.74) is 0.799. The molecule has 0 aliphatic heterocycles. The SMILES string of the molecule is COc1ccc(-c2nnc(S[C@H](C)C(=O)N(C)CCC#N)n2N)cc1. The van der Waals surface area contributed by atoms with Crippen LogP contribution in [0.1, 0.15) is 13.3 Å². The van der Waals surface area contributed by atoms with Crippen molar-refractivity contribution in [3.63, 3.8) is 0 Å². The molecule has 1 atom stereocenters. The molecular formula is C16H20N6O2S. The van der Waals surface area contributed by atoms with Crippen LogP contribution in [0.3, 0.4) is 0 Å². The zero-order chi connectivity index (χ0) is 18.4. The first-order valence-corrected chi connectivity index (χ1v) is 8.49. The average molecular weight is 360 g/mol. The fraction of sp³-hybridized carbons (Fsp3) is 0.375. The largest absolute Gasteiger partial charge is 0.497 e. The number of nitriles is 1. The number of nitrogens with two attached hydrogens (primary N) is 1. The summed E-state index contributed by atoms with van der Waals surface area (Å²) in [4.78, 5) is 13.8. The van der Waals surface area contributed by atoms with Gasteiger partial charge in [0.15, 0.2) is 5.82 Å². The van der Waals surface area contributed by atoms with E-state index in [1.165, 1.54) is 21.3 Å². The van der Waals surface area contributed by atoms with Gasteiger partial charge in [-0.3, -0.25) is 4.79 Å². The maximum Gasteiger partial charge on any atom is 0.235 e. The second-order valence-electron chi connectivity index (χ2n) is 5.33. The molecule has 9 heteroatoms. The predicted octanol–water partition coefficient (Wildman–Crippen LogP) is 1.52. The minimum absolute atomic E-state index is 0.0887. The number of hydrogen-bond acceptors (Lipinski definition) is 7. The van der Waals surface area contributed by atoms with E-state index in [-0.39, 0.29) is 11.2 Å². The van der Waals surface area contributed by atoms with Gasteiger partial charge in [0.1, 0.15) is 5.75 Å². The molecule has 1 aromatic carbocycles. The minimum Gasteiger partial charge on any atom is -0.497 e. The summed E-state index contributed by atoms with van der Waals surface area (Å²) in [5, 5.41) is 16.8. The molecule has 1 heterocycles. The predicted molar refractivity (Wildman–Crippen MR) is 95.3 cm³/mol. The number of ether oxygens (including phenoxy) is 1. The first-order chi connectivity index (χ1) is 12.0. The number of rotatable bonds is 7. The van der Waals surface area contributed by atoms with Gasteiger partial charge in [-0.2, -0.15) is 5.26 Å². The van der Waals surface area contributed by atoms with Crippen molar-refractivity contribution in [2.24, 2.45) is 0 Å². The highest BCUT2D eigenvalue weighted by molar-refractivity contribution is 8.00. The summed E-state index contributed by atoms with van der Waals surface area (Å²) in [6, 6.07) is 9.33. The highest BCUT2D eigenvalue weighted by atomic mass is 32.2. The third kappa shape index (κ3) is 4.42. The molecule has 132 valence electrons. The third-order valence-corrected chi connectivity index (χ3v) is 4.62. The van der Waals surface area contributed by atoms with E-state index < -0.39 is 0 Å². The molecule has 25 heavy (non-hydrogen) atoms. The quantitative estimate of drug-likeness (QED) is 0.589. The Balaban J connectivity index is 2.10. The number of hydrogen-bond donors (Lipinski definition) is 1. The summed E-state index contributed by atoms with van der Waals surface area (Å²) >= 11 is 1.23. The van der Waals surface area contributed by atoms with Gasteiger partial charge in [0, 0.05) is 19.2 Å². The smallest absolute Gasteiger partial charge is 0.235 e. The van der Waals surface area contributed by atoms with E-state index in [4.69, 9.17) is 15.8 Å². The van der Waals surface area contributed by atoms with Gasteiger partial charge in [0.05, 0.1) is 24.8 Å². The van der Waals surface area contributed by atoms with Gasteiger partial charge < -0.3 is 15.5 Å². The molecule has 0 aliphatic carbocycles. The van der Waals surface area contributed by atoms with Gasteiger partial charge in [-0.15, -0.1) is 10.2 Å². The van der Waals surface area contributed by atoms with E-state index in [2.05, 4.69) is 10.2 Å².